The maximum atomic E-state index is 11.9. The average molecular weight is 433 g/mol. The number of rotatable bonds is 10. The maximum Gasteiger partial charge on any atom is 0.213 e. The van der Waals surface area contributed by atoms with E-state index in [1.54, 1.807) is 13.8 Å². The second kappa shape index (κ2) is 10.4. The topological polar surface area (TPSA) is 67.4 Å². The van der Waals surface area contributed by atoms with Gasteiger partial charge in [0.15, 0.2) is 0 Å². The normalized spacial score (nSPS) is 13.4. The summed E-state index contributed by atoms with van der Waals surface area (Å²) in [6, 6.07) is 16.4. The molecule has 1 unspecified atom stereocenters. The van der Waals surface area contributed by atoms with E-state index in [0.29, 0.717) is 13.2 Å². The third-order valence-electron chi connectivity index (χ3n) is 4.90. The fourth-order valence-electron chi connectivity index (χ4n) is 2.87. The number of hydrogen-bond donors (Lipinski definition) is 2. The standard InChI is InChI=1S/C24H36N2O3S/c1-18(2)30(27,28)26-17-19(3)20-7-9-21(10-8-20)22-11-13-23(14-12-22)29-16-15-25-24(4,5)6/h7-14,18-19,25-26H,15-17H2,1-6H3. The second-order valence-electron chi connectivity index (χ2n) is 9.01. The molecule has 0 saturated heterocycles. The van der Waals surface area contributed by atoms with E-state index in [-0.39, 0.29) is 11.5 Å². The Morgan fingerprint density at radius 2 is 1.43 bits per heavy atom. The van der Waals surface area contributed by atoms with Crippen molar-refractivity contribution >= 4 is 10.0 Å². The van der Waals surface area contributed by atoms with Gasteiger partial charge in [-0.25, -0.2) is 13.1 Å². The molecule has 2 N–H and O–H groups in total. The number of benzene rings is 2. The summed E-state index contributed by atoms with van der Waals surface area (Å²) in [6.07, 6.45) is 0. The first-order chi connectivity index (χ1) is 14.0. The predicted molar refractivity (Wildman–Crippen MR) is 126 cm³/mol. The predicted octanol–water partition coefficient (Wildman–Crippen LogP) is 4.55. The molecule has 0 aliphatic rings. The molecular formula is C24H36N2O3S. The molecule has 6 heteroatoms. The largest absolute Gasteiger partial charge is 0.492 e. The highest BCUT2D eigenvalue weighted by molar-refractivity contribution is 7.90. The van der Waals surface area contributed by atoms with Crippen LogP contribution in [0.15, 0.2) is 48.5 Å². The third-order valence-corrected chi connectivity index (χ3v) is 6.72. The molecule has 5 nitrogen and oxygen atoms in total. The van der Waals surface area contributed by atoms with Crippen molar-refractivity contribution in [3.05, 3.63) is 54.1 Å². The van der Waals surface area contributed by atoms with Crippen LogP contribution < -0.4 is 14.8 Å². The Morgan fingerprint density at radius 1 is 0.900 bits per heavy atom. The van der Waals surface area contributed by atoms with E-state index in [9.17, 15) is 8.42 Å². The Labute approximate surface area is 182 Å². The number of sulfonamides is 1. The van der Waals surface area contributed by atoms with Crippen LogP contribution in [-0.2, 0) is 10.0 Å². The quantitative estimate of drug-likeness (QED) is 0.541. The first-order valence-corrected chi connectivity index (χ1v) is 12.1. The van der Waals surface area contributed by atoms with Gasteiger partial charge in [0.25, 0.3) is 0 Å². The van der Waals surface area contributed by atoms with Gasteiger partial charge in [-0.05, 0) is 69.4 Å². The Morgan fingerprint density at radius 3 is 1.93 bits per heavy atom. The second-order valence-corrected chi connectivity index (χ2v) is 11.3. The third kappa shape index (κ3) is 7.74. The molecule has 2 aromatic rings. The lowest BCUT2D eigenvalue weighted by Crippen LogP contribution is -2.38. The van der Waals surface area contributed by atoms with Crippen LogP contribution in [0, 0.1) is 0 Å². The lowest BCUT2D eigenvalue weighted by atomic mass is 9.98. The van der Waals surface area contributed by atoms with Crippen LogP contribution in [0.4, 0.5) is 0 Å². The van der Waals surface area contributed by atoms with Crippen LogP contribution in [0.1, 0.15) is 53.0 Å². The molecule has 1 atom stereocenters. The minimum atomic E-state index is -3.24. The highest BCUT2D eigenvalue weighted by atomic mass is 32.2. The minimum Gasteiger partial charge on any atom is -0.492 e. The lowest BCUT2D eigenvalue weighted by Gasteiger charge is -2.20. The summed E-state index contributed by atoms with van der Waals surface area (Å²) in [5.74, 6) is 0.960. The minimum absolute atomic E-state index is 0.0929. The Hall–Kier alpha value is -1.89. The van der Waals surface area contributed by atoms with Gasteiger partial charge < -0.3 is 10.1 Å². The Kier molecular flexibility index (Phi) is 8.47. The van der Waals surface area contributed by atoms with E-state index in [1.807, 2.05) is 19.1 Å². The van der Waals surface area contributed by atoms with Crippen molar-refractivity contribution in [1.82, 2.24) is 10.0 Å². The van der Waals surface area contributed by atoms with Gasteiger partial charge in [0.2, 0.25) is 10.0 Å². The summed E-state index contributed by atoms with van der Waals surface area (Å²) in [5, 5.41) is 2.98. The van der Waals surface area contributed by atoms with Gasteiger partial charge in [-0.2, -0.15) is 0 Å². The van der Waals surface area contributed by atoms with Crippen LogP contribution in [0.3, 0.4) is 0 Å². The van der Waals surface area contributed by atoms with E-state index < -0.39 is 15.3 Å². The van der Waals surface area contributed by atoms with Crippen LogP contribution >= 0.6 is 0 Å². The summed E-state index contributed by atoms with van der Waals surface area (Å²) in [6.45, 7) is 13.6. The molecule has 0 spiro atoms. The highest BCUT2D eigenvalue weighted by Crippen LogP contribution is 2.25. The summed E-state index contributed by atoms with van der Waals surface area (Å²) < 4.78 is 32.4. The fraction of sp³-hybridized carbons (Fsp3) is 0.500. The first-order valence-electron chi connectivity index (χ1n) is 10.5. The zero-order valence-corrected chi connectivity index (χ0v) is 19.8. The van der Waals surface area contributed by atoms with E-state index in [1.165, 1.54) is 0 Å². The zero-order valence-electron chi connectivity index (χ0n) is 19.0. The van der Waals surface area contributed by atoms with Crippen molar-refractivity contribution < 1.29 is 13.2 Å². The monoisotopic (exact) mass is 432 g/mol. The fourth-order valence-corrected chi connectivity index (χ4v) is 3.68. The molecular weight excluding hydrogens is 396 g/mol. The van der Waals surface area contributed by atoms with Gasteiger partial charge in [-0.15, -0.1) is 0 Å². The summed E-state index contributed by atoms with van der Waals surface area (Å²) >= 11 is 0. The van der Waals surface area contributed by atoms with Crippen molar-refractivity contribution in [1.29, 1.82) is 0 Å². The molecule has 0 fully saturated rings. The van der Waals surface area contributed by atoms with Gasteiger partial charge in [0.1, 0.15) is 12.4 Å². The number of hydrogen-bond acceptors (Lipinski definition) is 4. The molecule has 0 amide bonds. The molecule has 2 rings (SSSR count). The van der Waals surface area contributed by atoms with Crippen molar-refractivity contribution in [3.8, 4) is 16.9 Å². The number of ether oxygens (including phenoxy) is 1. The Bertz CT molecular complexity index is 884. The van der Waals surface area contributed by atoms with E-state index in [4.69, 9.17) is 4.74 Å². The maximum absolute atomic E-state index is 11.9. The van der Waals surface area contributed by atoms with Gasteiger partial charge in [-0.3, -0.25) is 0 Å². The molecule has 0 saturated carbocycles. The number of nitrogens with one attached hydrogen (secondary N) is 2. The molecule has 166 valence electrons. The molecule has 2 aromatic carbocycles. The van der Waals surface area contributed by atoms with Crippen LogP contribution in [0.25, 0.3) is 11.1 Å². The SMILES string of the molecule is CC(CNS(=O)(=O)C(C)C)c1ccc(-c2ccc(OCCNC(C)(C)C)cc2)cc1. The first kappa shape index (κ1) is 24.4. The molecule has 0 radical (unpaired) electrons. The van der Waals surface area contributed by atoms with Crippen LogP contribution in [0.2, 0.25) is 0 Å². The van der Waals surface area contributed by atoms with Crippen LogP contribution in [-0.4, -0.2) is 38.9 Å². The molecule has 0 aromatic heterocycles. The van der Waals surface area contributed by atoms with Gasteiger partial charge >= 0.3 is 0 Å². The molecule has 0 aliphatic heterocycles. The van der Waals surface area contributed by atoms with Crippen molar-refractivity contribution in [3.63, 3.8) is 0 Å². The summed E-state index contributed by atoms with van der Waals surface area (Å²) in [7, 11) is -3.24. The van der Waals surface area contributed by atoms with E-state index in [0.717, 1.165) is 29.0 Å². The zero-order chi connectivity index (χ0) is 22.4. The highest BCUT2D eigenvalue weighted by Gasteiger charge is 2.17. The summed E-state index contributed by atoms with van der Waals surface area (Å²) in [4.78, 5) is 0. The van der Waals surface area contributed by atoms with E-state index >= 15 is 0 Å². The Balaban J connectivity index is 1.91. The molecule has 0 heterocycles. The summed E-state index contributed by atoms with van der Waals surface area (Å²) in [5.41, 5.74) is 3.44. The van der Waals surface area contributed by atoms with Gasteiger partial charge in [0, 0.05) is 18.6 Å². The molecule has 0 bridgehead atoms. The molecule has 30 heavy (non-hydrogen) atoms. The van der Waals surface area contributed by atoms with Gasteiger partial charge in [-0.1, -0.05) is 43.3 Å². The lowest BCUT2D eigenvalue weighted by molar-refractivity contribution is 0.291. The smallest absolute Gasteiger partial charge is 0.213 e. The van der Waals surface area contributed by atoms with Crippen molar-refractivity contribution in [2.24, 2.45) is 0 Å². The average Bonchev–Trinajstić information content (AvgIpc) is 2.69. The van der Waals surface area contributed by atoms with Crippen molar-refractivity contribution in [2.75, 3.05) is 19.7 Å². The van der Waals surface area contributed by atoms with Gasteiger partial charge in [0.05, 0.1) is 5.25 Å². The van der Waals surface area contributed by atoms with Crippen molar-refractivity contribution in [2.45, 2.75) is 58.2 Å². The molecule has 0 aliphatic carbocycles. The van der Waals surface area contributed by atoms with E-state index in [2.05, 4.69) is 67.2 Å². The van der Waals surface area contributed by atoms with Crippen LogP contribution in [0.5, 0.6) is 5.75 Å².